The Kier molecular flexibility index (Phi) is 6.05. The summed E-state index contributed by atoms with van der Waals surface area (Å²) in [6, 6.07) is 0. The maximum Gasteiger partial charge on any atom is 0.160 e. The minimum atomic E-state index is 0.193. The third-order valence-electron chi connectivity index (χ3n) is 2.81. The fourth-order valence-corrected chi connectivity index (χ4v) is 1.47. The lowest BCUT2D eigenvalue weighted by Gasteiger charge is -2.16. The molecule has 18 heavy (non-hydrogen) atoms. The number of nitrogens with zero attached hydrogens (tertiary/aromatic N) is 2. The van der Waals surface area contributed by atoms with Crippen LogP contribution in [0.5, 0.6) is 5.75 Å². The molecule has 0 aliphatic carbocycles. The number of hydrogen-bond donors (Lipinski definition) is 1. The van der Waals surface area contributed by atoms with E-state index in [4.69, 9.17) is 4.74 Å². The molecular weight excluding hydrogens is 226 g/mol. The van der Waals surface area contributed by atoms with Crippen LogP contribution in [0, 0.1) is 0 Å². The smallest absolute Gasteiger partial charge is 0.160 e. The van der Waals surface area contributed by atoms with E-state index in [1.54, 1.807) is 6.20 Å². The van der Waals surface area contributed by atoms with E-state index in [0.717, 1.165) is 36.8 Å². The summed E-state index contributed by atoms with van der Waals surface area (Å²) >= 11 is 0. The summed E-state index contributed by atoms with van der Waals surface area (Å²) in [5.74, 6) is 2.01. The second kappa shape index (κ2) is 7.31. The molecule has 0 radical (unpaired) electrons. The molecule has 1 heterocycles. The minimum absolute atomic E-state index is 0.193. The molecule has 1 unspecified atom stereocenters. The van der Waals surface area contributed by atoms with Gasteiger partial charge in [0.1, 0.15) is 5.82 Å². The Hall–Kier alpha value is -1.16. The van der Waals surface area contributed by atoms with Gasteiger partial charge in [-0.3, -0.25) is 0 Å². The minimum Gasteiger partial charge on any atom is -0.487 e. The van der Waals surface area contributed by atoms with E-state index in [9.17, 15) is 0 Å². The van der Waals surface area contributed by atoms with Crippen LogP contribution in [-0.2, 0) is 6.54 Å². The number of ether oxygens (including phenoxy) is 1. The molecular formula is C14H25N3O. The molecule has 0 fully saturated rings. The number of aromatic nitrogens is 2. The van der Waals surface area contributed by atoms with Crippen LogP contribution >= 0.6 is 0 Å². The van der Waals surface area contributed by atoms with Crippen molar-refractivity contribution in [2.75, 3.05) is 6.54 Å². The van der Waals surface area contributed by atoms with Gasteiger partial charge < -0.3 is 10.1 Å². The van der Waals surface area contributed by atoms with E-state index in [-0.39, 0.29) is 6.10 Å². The monoisotopic (exact) mass is 251 g/mol. The van der Waals surface area contributed by atoms with Crippen LogP contribution in [0.4, 0.5) is 0 Å². The van der Waals surface area contributed by atoms with Gasteiger partial charge in [0, 0.05) is 12.5 Å². The first-order valence-corrected chi connectivity index (χ1v) is 6.81. The summed E-state index contributed by atoms with van der Waals surface area (Å²) in [5, 5.41) is 3.29. The first-order chi connectivity index (χ1) is 8.58. The highest BCUT2D eigenvalue weighted by Gasteiger charge is 2.12. The van der Waals surface area contributed by atoms with Gasteiger partial charge in [0.2, 0.25) is 0 Å². The van der Waals surface area contributed by atoms with Crippen LogP contribution in [0.15, 0.2) is 6.20 Å². The molecule has 1 aromatic rings. The van der Waals surface area contributed by atoms with Gasteiger partial charge >= 0.3 is 0 Å². The molecule has 102 valence electrons. The largest absolute Gasteiger partial charge is 0.487 e. The SMILES string of the molecule is CCNCc1nc(C(C)C)ncc1OC(C)CC. The number of nitrogens with one attached hydrogen (secondary N) is 1. The molecule has 1 rings (SSSR count). The Morgan fingerprint density at radius 2 is 2.00 bits per heavy atom. The lowest BCUT2D eigenvalue weighted by atomic mass is 10.2. The van der Waals surface area contributed by atoms with Crippen molar-refractivity contribution in [2.24, 2.45) is 0 Å². The van der Waals surface area contributed by atoms with Gasteiger partial charge in [-0.25, -0.2) is 9.97 Å². The van der Waals surface area contributed by atoms with E-state index in [2.05, 4.69) is 49.9 Å². The maximum absolute atomic E-state index is 5.86. The van der Waals surface area contributed by atoms with Crippen LogP contribution in [-0.4, -0.2) is 22.6 Å². The highest BCUT2D eigenvalue weighted by Crippen LogP contribution is 2.20. The van der Waals surface area contributed by atoms with Gasteiger partial charge in [-0.2, -0.15) is 0 Å². The van der Waals surface area contributed by atoms with E-state index in [1.807, 2.05) is 0 Å². The van der Waals surface area contributed by atoms with Crippen molar-refractivity contribution < 1.29 is 4.74 Å². The normalized spacial score (nSPS) is 12.8. The van der Waals surface area contributed by atoms with E-state index in [0.29, 0.717) is 5.92 Å². The van der Waals surface area contributed by atoms with E-state index < -0.39 is 0 Å². The van der Waals surface area contributed by atoms with Crippen molar-refractivity contribution in [3.8, 4) is 5.75 Å². The zero-order chi connectivity index (χ0) is 13.5. The summed E-state index contributed by atoms with van der Waals surface area (Å²) in [6.45, 7) is 12.1. The van der Waals surface area contributed by atoms with Gasteiger partial charge in [0.05, 0.1) is 18.0 Å². The quantitative estimate of drug-likeness (QED) is 0.809. The first kappa shape index (κ1) is 14.9. The number of hydrogen-bond acceptors (Lipinski definition) is 4. The predicted octanol–water partition coefficient (Wildman–Crippen LogP) is 2.89. The maximum atomic E-state index is 5.86. The molecule has 1 aromatic heterocycles. The molecule has 0 bridgehead atoms. The van der Waals surface area contributed by atoms with Gasteiger partial charge in [-0.05, 0) is 19.9 Å². The predicted molar refractivity (Wildman–Crippen MR) is 73.9 cm³/mol. The second-order valence-electron chi connectivity index (χ2n) is 4.81. The highest BCUT2D eigenvalue weighted by atomic mass is 16.5. The topological polar surface area (TPSA) is 47.0 Å². The summed E-state index contributed by atoms with van der Waals surface area (Å²) in [5.41, 5.74) is 0.954. The van der Waals surface area contributed by atoms with Gasteiger partial charge in [0.25, 0.3) is 0 Å². The van der Waals surface area contributed by atoms with Crippen molar-refractivity contribution in [1.29, 1.82) is 0 Å². The van der Waals surface area contributed by atoms with Crippen LogP contribution in [0.2, 0.25) is 0 Å². The summed E-state index contributed by atoms with van der Waals surface area (Å²) in [4.78, 5) is 8.97. The van der Waals surface area contributed by atoms with Crippen molar-refractivity contribution in [2.45, 2.75) is 59.6 Å². The molecule has 0 aliphatic rings. The molecule has 0 aliphatic heterocycles. The first-order valence-electron chi connectivity index (χ1n) is 6.81. The molecule has 0 amide bonds. The molecule has 0 spiro atoms. The summed E-state index contributed by atoms with van der Waals surface area (Å²) in [7, 11) is 0. The zero-order valence-corrected chi connectivity index (χ0v) is 12.2. The van der Waals surface area contributed by atoms with Crippen molar-refractivity contribution in [3.05, 3.63) is 17.7 Å². The molecule has 0 saturated heterocycles. The lowest BCUT2D eigenvalue weighted by molar-refractivity contribution is 0.212. The fourth-order valence-electron chi connectivity index (χ4n) is 1.47. The van der Waals surface area contributed by atoms with E-state index in [1.165, 1.54) is 0 Å². The average molecular weight is 251 g/mol. The van der Waals surface area contributed by atoms with Crippen LogP contribution in [0.1, 0.15) is 58.5 Å². The molecule has 4 heteroatoms. The Balaban J connectivity index is 2.92. The van der Waals surface area contributed by atoms with Crippen LogP contribution in [0.25, 0.3) is 0 Å². The molecule has 0 saturated carbocycles. The Morgan fingerprint density at radius 3 is 2.56 bits per heavy atom. The van der Waals surface area contributed by atoms with Crippen molar-refractivity contribution in [3.63, 3.8) is 0 Å². The highest BCUT2D eigenvalue weighted by molar-refractivity contribution is 5.25. The van der Waals surface area contributed by atoms with Gasteiger partial charge in [0.15, 0.2) is 5.75 Å². The van der Waals surface area contributed by atoms with Gasteiger partial charge in [-0.1, -0.05) is 27.7 Å². The summed E-state index contributed by atoms with van der Waals surface area (Å²) in [6.07, 6.45) is 2.98. The molecule has 0 aromatic carbocycles. The van der Waals surface area contributed by atoms with Gasteiger partial charge in [-0.15, -0.1) is 0 Å². The lowest BCUT2D eigenvalue weighted by Crippen LogP contribution is -2.18. The Morgan fingerprint density at radius 1 is 1.28 bits per heavy atom. The summed E-state index contributed by atoms with van der Waals surface area (Å²) < 4.78 is 5.86. The van der Waals surface area contributed by atoms with Crippen LogP contribution in [0.3, 0.4) is 0 Å². The number of rotatable bonds is 7. The Labute approximate surface area is 110 Å². The standard InChI is InChI=1S/C14H25N3O/c1-6-11(5)18-13-9-16-14(10(3)4)17-12(13)8-15-7-2/h9-11,15H,6-8H2,1-5H3. The molecule has 4 nitrogen and oxygen atoms in total. The third kappa shape index (κ3) is 4.26. The fraction of sp³-hybridized carbons (Fsp3) is 0.714. The van der Waals surface area contributed by atoms with Crippen LogP contribution < -0.4 is 10.1 Å². The second-order valence-corrected chi connectivity index (χ2v) is 4.81. The molecule has 1 N–H and O–H groups in total. The third-order valence-corrected chi connectivity index (χ3v) is 2.81. The average Bonchev–Trinajstić information content (AvgIpc) is 2.37. The molecule has 1 atom stereocenters. The van der Waals surface area contributed by atoms with Crippen molar-refractivity contribution in [1.82, 2.24) is 15.3 Å². The Bertz CT molecular complexity index is 366. The zero-order valence-electron chi connectivity index (χ0n) is 12.2. The van der Waals surface area contributed by atoms with Crippen molar-refractivity contribution >= 4 is 0 Å². The van der Waals surface area contributed by atoms with E-state index >= 15 is 0 Å².